The van der Waals surface area contributed by atoms with Crippen LogP contribution in [0.5, 0.6) is 0 Å². The quantitative estimate of drug-likeness (QED) is 0.741. The minimum absolute atomic E-state index is 0.176. The van der Waals surface area contributed by atoms with Crippen LogP contribution in [0.4, 0.5) is 16.2 Å². The van der Waals surface area contributed by atoms with Crippen LogP contribution in [0.25, 0.3) is 0 Å². The molecule has 0 heterocycles. The lowest BCUT2D eigenvalue weighted by Crippen LogP contribution is -2.11. The zero-order valence-electron chi connectivity index (χ0n) is 11.9. The van der Waals surface area contributed by atoms with Gasteiger partial charge in [-0.2, -0.15) is 0 Å². The summed E-state index contributed by atoms with van der Waals surface area (Å²) in [5.41, 5.74) is 2.85. The molecule has 110 valence electrons. The second-order valence-corrected chi connectivity index (χ2v) is 5.86. The van der Waals surface area contributed by atoms with E-state index in [0.29, 0.717) is 5.69 Å². The number of hydrogen-bond acceptors (Lipinski definition) is 3. The Morgan fingerprint density at radius 2 is 1.81 bits per heavy atom. The Labute approximate surface area is 138 Å². The van der Waals surface area contributed by atoms with E-state index >= 15 is 0 Å². The third-order valence-corrected chi connectivity index (χ3v) is 3.77. The molecule has 21 heavy (non-hydrogen) atoms. The number of carbonyl (C=O) groups excluding carboxylic acids is 1. The monoisotopic (exact) mass is 396 g/mol. The van der Waals surface area contributed by atoms with Crippen molar-refractivity contribution in [2.45, 2.75) is 13.0 Å². The van der Waals surface area contributed by atoms with Crippen LogP contribution in [0.3, 0.4) is 0 Å². The first-order valence-corrected chi connectivity index (χ1v) is 7.63. The topological polar surface area (TPSA) is 50.4 Å². The number of halogens is 1. The lowest BCUT2D eigenvalue weighted by atomic mass is 10.1. The Kier molecular flexibility index (Phi) is 5.44. The van der Waals surface area contributed by atoms with E-state index in [1.807, 2.05) is 24.3 Å². The van der Waals surface area contributed by atoms with Gasteiger partial charge in [-0.15, -0.1) is 0 Å². The number of amides is 1. The molecule has 0 fully saturated rings. The van der Waals surface area contributed by atoms with Crippen LogP contribution < -0.4 is 10.6 Å². The predicted octanol–water partition coefficient (Wildman–Crippen LogP) is 4.64. The number of carbonyl (C=O) groups is 1. The third kappa shape index (κ3) is 4.63. The highest BCUT2D eigenvalue weighted by atomic mass is 127. The van der Waals surface area contributed by atoms with Crippen molar-refractivity contribution in [3.8, 4) is 0 Å². The molecule has 1 atom stereocenters. The first kappa shape index (κ1) is 15.6. The van der Waals surface area contributed by atoms with Crippen molar-refractivity contribution in [1.82, 2.24) is 0 Å². The number of anilines is 2. The summed E-state index contributed by atoms with van der Waals surface area (Å²) in [6.45, 7) is 2.10. The molecule has 0 saturated carbocycles. The molecule has 0 aromatic heterocycles. The highest BCUT2D eigenvalue weighted by Gasteiger charge is 2.06. The average molecular weight is 396 g/mol. The maximum atomic E-state index is 11.2. The van der Waals surface area contributed by atoms with E-state index < -0.39 is 6.09 Å². The fourth-order valence-corrected chi connectivity index (χ4v) is 2.30. The lowest BCUT2D eigenvalue weighted by Gasteiger charge is -2.16. The van der Waals surface area contributed by atoms with E-state index in [9.17, 15) is 4.79 Å². The largest absolute Gasteiger partial charge is 0.453 e. The van der Waals surface area contributed by atoms with Crippen LogP contribution in [0.15, 0.2) is 48.5 Å². The molecule has 0 spiro atoms. The van der Waals surface area contributed by atoms with E-state index in [2.05, 4.69) is 69.2 Å². The van der Waals surface area contributed by atoms with Crippen molar-refractivity contribution in [2.24, 2.45) is 0 Å². The predicted molar refractivity (Wildman–Crippen MR) is 93.7 cm³/mol. The van der Waals surface area contributed by atoms with E-state index in [4.69, 9.17) is 0 Å². The number of ether oxygens (including phenoxy) is 1. The molecular formula is C16H17IN2O2. The number of hydrogen-bond donors (Lipinski definition) is 2. The second kappa shape index (κ2) is 7.31. The first-order valence-electron chi connectivity index (χ1n) is 6.55. The zero-order chi connectivity index (χ0) is 15.2. The Hall–Kier alpha value is -1.76. The fourth-order valence-electron chi connectivity index (χ4n) is 1.94. The SMILES string of the molecule is COC(=O)Nc1cccc(NC(C)c2ccc(I)cc2)c1. The van der Waals surface area contributed by atoms with Crippen LogP contribution in [-0.4, -0.2) is 13.2 Å². The summed E-state index contributed by atoms with van der Waals surface area (Å²) in [4.78, 5) is 11.2. The molecule has 4 nitrogen and oxygen atoms in total. The molecule has 2 aromatic carbocycles. The van der Waals surface area contributed by atoms with Gasteiger partial charge in [-0.05, 0) is 65.4 Å². The van der Waals surface area contributed by atoms with Gasteiger partial charge in [0.15, 0.2) is 0 Å². The maximum Gasteiger partial charge on any atom is 0.411 e. The van der Waals surface area contributed by atoms with Gasteiger partial charge in [0.25, 0.3) is 0 Å². The van der Waals surface area contributed by atoms with E-state index in [0.717, 1.165) is 5.69 Å². The Bertz CT molecular complexity index is 614. The summed E-state index contributed by atoms with van der Waals surface area (Å²) in [5, 5.41) is 6.07. The molecule has 0 aliphatic rings. The van der Waals surface area contributed by atoms with Gasteiger partial charge in [-0.25, -0.2) is 4.79 Å². The Morgan fingerprint density at radius 1 is 1.14 bits per heavy atom. The Morgan fingerprint density at radius 3 is 2.48 bits per heavy atom. The Balaban J connectivity index is 2.06. The number of benzene rings is 2. The van der Waals surface area contributed by atoms with Crippen molar-refractivity contribution in [1.29, 1.82) is 0 Å². The molecule has 1 unspecified atom stereocenters. The van der Waals surface area contributed by atoms with Crippen molar-refractivity contribution < 1.29 is 9.53 Å². The van der Waals surface area contributed by atoms with Gasteiger partial charge in [0.2, 0.25) is 0 Å². The van der Waals surface area contributed by atoms with Crippen molar-refractivity contribution >= 4 is 40.1 Å². The zero-order valence-corrected chi connectivity index (χ0v) is 14.0. The van der Waals surface area contributed by atoms with Crippen LogP contribution in [0.2, 0.25) is 0 Å². The van der Waals surface area contributed by atoms with Crippen LogP contribution >= 0.6 is 22.6 Å². The molecule has 0 radical (unpaired) electrons. The third-order valence-electron chi connectivity index (χ3n) is 3.05. The van der Waals surface area contributed by atoms with Gasteiger partial charge in [-0.1, -0.05) is 18.2 Å². The molecule has 0 aliphatic carbocycles. The molecule has 0 bridgehead atoms. The van der Waals surface area contributed by atoms with Gasteiger partial charge in [0.05, 0.1) is 7.11 Å². The van der Waals surface area contributed by atoms with E-state index in [-0.39, 0.29) is 6.04 Å². The summed E-state index contributed by atoms with van der Waals surface area (Å²) in [5.74, 6) is 0. The second-order valence-electron chi connectivity index (χ2n) is 4.61. The van der Waals surface area contributed by atoms with E-state index in [1.165, 1.54) is 16.2 Å². The number of rotatable bonds is 4. The van der Waals surface area contributed by atoms with Gasteiger partial charge in [0.1, 0.15) is 0 Å². The summed E-state index contributed by atoms with van der Waals surface area (Å²) < 4.78 is 5.80. The molecule has 2 aromatic rings. The van der Waals surface area contributed by atoms with Gasteiger partial charge >= 0.3 is 6.09 Å². The summed E-state index contributed by atoms with van der Waals surface area (Å²) in [7, 11) is 1.34. The van der Waals surface area contributed by atoms with Crippen LogP contribution in [0.1, 0.15) is 18.5 Å². The first-order chi connectivity index (χ1) is 10.1. The molecule has 0 aliphatic heterocycles. The average Bonchev–Trinajstić information content (AvgIpc) is 2.48. The molecule has 1 amide bonds. The van der Waals surface area contributed by atoms with Crippen LogP contribution in [-0.2, 0) is 4.74 Å². The number of methoxy groups -OCH3 is 1. The van der Waals surface area contributed by atoms with E-state index in [1.54, 1.807) is 0 Å². The van der Waals surface area contributed by atoms with Gasteiger partial charge < -0.3 is 10.1 Å². The number of nitrogens with one attached hydrogen (secondary N) is 2. The lowest BCUT2D eigenvalue weighted by molar-refractivity contribution is 0.187. The summed E-state index contributed by atoms with van der Waals surface area (Å²) >= 11 is 2.29. The minimum atomic E-state index is -0.474. The molecule has 5 heteroatoms. The summed E-state index contributed by atoms with van der Waals surface area (Å²) in [6.07, 6.45) is -0.474. The molecule has 0 saturated heterocycles. The maximum absolute atomic E-state index is 11.2. The molecule has 2 rings (SSSR count). The standard InChI is InChI=1S/C16H17IN2O2/c1-11(12-6-8-13(17)9-7-12)18-14-4-3-5-15(10-14)19-16(20)21-2/h3-11,18H,1-2H3,(H,19,20). The van der Waals surface area contributed by atoms with Crippen molar-refractivity contribution in [2.75, 3.05) is 17.7 Å². The molecule has 2 N–H and O–H groups in total. The minimum Gasteiger partial charge on any atom is -0.453 e. The van der Waals surface area contributed by atoms with Gasteiger partial charge in [0, 0.05) is 21.0 Å². The molecular weight excluding hydrogens is 379 g/mol. The highest BCUT2D eigenvalue weighted by molar-refractivity contribution is 14.1. The van der Waals surface area contributed by atoms with Crippen LogP contribution in [0, 0.1) is 3.57 Å². The fraction of sp³-hybridized carbons (Fsp3) is 0.188. The van der Waals surface area contributed by atoms with Gasteiger partial charge in [-0.3, -0.25) is 5.32 Å². The summed E-state index contributed by atoms with van der Waals surface area (Å²) in [6, 6.07) is 16.1. The smallest absolute Gasteiger partial charge is 0.411 e. The van der Waals surface area contributed by atoms with Crippen molar-refractivity contribution in [3.05, 3.63) is 57.7 Å². The normalized spacial score (nSPS) is 11.6. The van der Waals surface area contributed by atoms with Crippen molar-refractivity contribution in [3.63, 3.8) is 0 Å². The highest BCUT2D eigenvalue weighted by Crippen LogP contribution is 2.22.